The summed E-state index contributed by atoms with van der Waals surface area (Å²) in [7, 11) is -2.28. The first-order valence-corrected chi connectivity index (χ1v) is 6.70. The molecule has 0 spiro atoms. The molecule has 0 aliphatic heterocycles. The Bertz CT molecular complexity index is 651. The van der Waals surface area contributed by atoms with Crippen LogP contribution in [0, 0.1) is 0 Å². The van der Waals surface area contributed by atoms with Gasteiger partial charge >= 0.3 is 5.97 Å². The van der Waals surface area contributed by atoms with Crippen molar-refractivity contribution in [2.24, 2.45) is 0 Å². The fraction of sp³-hybridized carbons (Fsp3) is 0.273. The third-order valence-corrected chi connectivity index (χ3v) is 3.19. The van der Waals surface area contributed by atoms with Crippen molar-refractivity contribution in [1.82, 2.24) is 0 Å². The van der Waals surface area contributed by atoms with Crippen LogP contribution in [0.2, 0.25) is 0 Å². The number of carbonyl (C=O) groups is 2. The van der Waals surface area contributed by atoms with Gasteiger partial charge in [-0.25, -0.2) is 4.79 Å². The molecule has 0 saturated heterocycles. The SMILES string of the molecule is COC(=O)c1cc(S(=O)(=O)O)c(NC(C)=O)cc1OC. The predicted octanol–water partition coefficient (Wildman–Crippen LogP) is 0.687. The van der Waals surface area contributed by atoms with Gasteiger partial charge in [-0.1, -0.05) is 0 Å². The topological polar surface area (TPSA) is 119 Å². The van der Waals surface area contributed by atoms with Gasteiger partial charge in [0.1, 0.15) is 16.2 Å². The third kappa shape index (κ3) is 3.45. The molecule has 20 heavy (non-hydrogen) atoms. The quantitative estimate of drug-likeness (QED) is 0.620. The molecule has 0 aromatic heterocycles. The molecule has 1 aromatic rings. The first kappa shape index (κ1) is 15.9. The number of carbonyl (C=O) groups excluding carboxylic acids is 2. The van der Waals surface area contributed by atoms with Crippen LogP contribution in [0.4, 0.5) is 5.69 Å². The highest BCUT2D eigenvalue weighted by molar-refractivity contribution is 7.86. The molecule has 8 nitrogen and oxygen atoms in total. The van der Waals surface area contributed by atoms with E-state index in [9.17, 15) is 18.0 Å². The molecule has 1 aromatic carbocycles. The number of ether oxygens (including phenoxy) is 2. The number of amides is 1. The van der Waals surface area contributed by atoms with E-state index < -0.39 is 26.9 Å². The Labute approximate surface area is 115 Å². The summed E-state index contributed by atoms with van der Waals surface area (Å²) < 4.78 is 41.2. The third-order valence-electron chi connectivity index (χ3n) is 2.30. The van der Waals surface area contributed by atoms with Crippen LogP contribution in [0.15, 0.2) is 17.0 Å². The monoisotopic (exact) mass is 303 g/mol. The van der Waals surface area contributed by atoms with E-state index in [0.717, 1.165) is 26.2 Å². The van der Waals surface area contributed by atoms with Crippen LogP contribution >= 0.6 is 0 Å². The van der Waals surface area contributed by atoms with E-state index >= 15 is 0 Å². The summed E-state index contributed by atoms with van der Waals surface area (Å²) in [5.74, 6) is -1.41. The van der Waals surface area contributed by atoms with Crippen molar-refractivity contribution in [1.29, 1.82) is 0 Å². The zero-order chi connectivity index (χ0) is 15.5. The maximum Gasteiger partial charge on any atom is 0.341 e. The minimum absolute atomic E-state index is 0.00648. The Kier molecular flexibility index (Phi) is 4.69. The lowest BCUT2D eigenvalue weighted by atomic mass is 10.1. The molecule has 1 amide bonds. The van der Waals surface area contributed by atoms with Crippen molar-refractivity contribution >= 4 is 27.7 Å². The summed E-state index contributed by atoms with van der Waals surface area (Å²) in [6.45, 7) is 1.16. The van der Waals surface area contributed by atoms with Gasteiger partial charge in [0.25, 0.3) is 10.1 Å². The van der Waals surface area contributed by atoms with Crippen LogP contribution in [-0.2, 0) is 19.6 Å². The summed E-state index contributed by atoms with van der Waals surface area (Å²) >= 11 is 0. The van der Waals surface area contributed by atoms with E-state index in [1.165, 1.54) is 7.11 Å². The molecule has 2 N–H and O–H groups in total. The van der Waals surface area contributed by atoms with Crippen LogP contribution in [0.25, 0.3) is 0 Å². The lowest BCUT2D eigenvalue weighted by molar-refractivity contribution is -0.114. The standard InChI is InChI=1S/C11H13NO7S/c1-6(13)12-8-5-9(18-2)7(11(14)19-3)4-10(8)20(15,16)17/h4-5H,1-3H3,(H,12,13)(H,15,16,17). The maximum absolute atomic E-state index is 11.5. The van der Waals surface area contributed by atoms with Gasteiger partial charge in [-0.2, -0.15) is 8.42 Å². The second-order valence-electron chi connectivity index (χ2n) is 3.70. The van der Waals surface area contributed by atoms with Crippen LogP contribution in [0.5, 0.6) is 5.75 Å². The molecule has 0 saturated carbocycles. The number of anilines is 1. The molecule has 0 radical (unpaired) electrons. The van der Waals surface area contributed by atoms with Crippen LogP contribution in [0.3, 0.4) is 0 Å². The fourth-order valence-corrected chi connectivity index (χ4v) is 2.15. The van der Waals surface area contributed by atoms with Gasteiger partial charge in [-0.05, 0) is 6.07 Å². The molecule has 0 heterocycles. The highest BCUT2D eigenvalue weighted by Gasteiger charge is 2.23. The molecule has 0 aliphatic carbocycles. The minimum Gasteiger partial charge on any atom is -0.496 e. The lowest BCUT2D eigenvalue weighted by Gasteiger charge is -2.13. The molecular weight excluding hydrogens is 290 g/mol. The predicted molar refractivity (Wildman–Crippen MR) is 68.5 cm³/mol. The van der Waals surface area contributed by atoms with E-state index in [2.05, 4.69) is 10.1 Å². The van der Waals surface area contributed by atoms with Crippen molar-refractivity contribution in [2.75, 3.05) is 19.5 Å². The highest BCUT2D eigenvalue weighted by Crippen LogP contribution is 2.31. The fourth-order valence-electron chi connectivity index (χ4n) is 1.50. The van der Waals surface area contributed by atoms with Crippen molar-refractivity contribution in [3.63, 3.8) is 0 Å². The Morgan fingerprint density at radius 2 is 1.85 bits per heavy atom. The van der Waals surface area contributed by atoms with Gasteiger partial charge in [0.05, 0.1) is 19.9 Å². The van der Waals surface area contributed by atoms with Crippen molar-refractivity contribution in [2.45, 2.75) is 11.8 Å². The second kappa shape index (κ2) is 5.88. The zero-order valence-corrected chi connectivity index (χ0v) is 11.8. The number of esters is 1. The zero-order valence-electron chi connectivity index (χ0n) is 11.0. The Hall–Kier alpha value is -2.13. The Balaban J connectivity index is 3.61. The van der Waals surface area contributed by atoms with Crippen LogP contribution in [-0.4, -0.2) is 39.1 Å². The van der Waals surface area contributed by atoms with Gasteiger partial charge in [-0.15, -0.1) is 0 Å². The molecule has 0 unspecified atom stereocenters. The summed E-state index contributed by atoms with van der Waals surface area (Å²) in [5.41, 5.74) is -0.402. The van der Waals surface area contributed by atoms with Gasteiger partial charge in [0.15, 0.2) is 0 Å². The minimum atomic E-state index is -4.65. The number of hydrogen-bond acceptors (Lipinski definition) is 6. The molecule has 0 bridgehead atoms. The number of methoxy groups -OCH3 is 2. The Morgan fingerprint density at radius 1 is 1.25 bits per heavy atom. The average molecular weight is 303 g/mol. The van der Waals surface area contributed by atoms with Crippen molar-refractivity contribution in [3.8, 4) is 5.75 Å². The molecule has 0 aliphatic rings. The van der Waals surface area contributed by atoms with Crippen LogP contribution in [0.1, 0.15) is 17.3 Å². The smallest absolute Gasteiger partial charge is 0.341 e. The van der Waals surface area contributed by atoms with Crippen molar-refractivity contribution in [3.05, 3.63) is 17.7 Å². The summed E-state index contributed by atoms with van der Waals surface area (Å²) in [6, 6.07) is 1.97. The highest BCUT2D eigenvalue weighted by atomic mass is 32.2. The summed E-state index contributed by atoms with van der Waals surface area (Å²) in [6.07, 6.45) is 0. The Morgan fingerprint density at radius 3 is 2.25 bits per heavy atom. The van der Waals surface area contributed by atoms with Crippen LogP contribution < -0.4 is 10.1 Å². The molecule has 1 rings (SSSR count). The lowest BCUT2D eigenvalue weighted by Crippen LogP contribution is -2.13. The maximum atomic E-state index is 11.5. The van der Waals surface area contributed by atoms with Gasteiger partial charge in [-0.3, -0.25) is 9.35 Å². The second-order valence-corrected chi connectivity index (χ2v) is 5.09. The van der Waals surface area contributed by atoms with E-state index in [-0.39, 0.29) is 17.0 Å². The molecule has 0 fully saturated rings. The van der Waals surface area contributed by atoms with Crippen molar-refractivity contribution < 1.29 is 32.0 Å². The first-order chi connectivity index (χ1) is 9.20. The summed E-state index contributed by atoms with van der Waals surface area (Å²) in [4.78, 5) is 22.0. The molecule has 110 valence electrons. The number of rotatable bonds is 4. The van der Waals surface area contributed by atoms with E-state index in [0.29, 0.717) is 0 Å². The van der Waals surface area contributed by atoms with Gasteiger partial charge < -0.3 is 14.8 Å². The first-order valence-electron chi connectivity index (χ1n) is 5.26. The van der Waals surface area contributed by atoms with Gasteiger partial charge in [0, 0.05) is 13.0 Å². The number of nitrogens with one attached hydrogen (secondary N) is 1. The largest absolute Gasteiger partial charge is 0.496 e. The molecule has 0 atom stereocenters. The molecule has 9 heteroatoms. The average Bonchev–Trinajstić information content (AvgIpc) is 2.35. The van der Waals surface area contributed by atoms with Gasteiger partial charge in [0.2, 0.25) is 5.91 Å². The molecular formula is C11H13NO7S. The number of hydrogen-bond donors (Lipinski definition) is 2. The van der Waals surface area contributed by atoms with E-state index in [1.807, 2.05) is 0 Å². The van der Waals surface area contributed by atoms with E-state index in [1.54, 1.807) is 0 Å². The van der Waals surface area contributed by atoms with E-state index in [4.69, 9.17) is 9.29 Å². The normalized spacial score (nSPS) is 10.8. The summed E-state index contributed by atoms with van der Waals surface area (Å²) in [5, 5.41) is 2.23. The number of benzene rings is 1.